The average molecular weight is 300 g/mol. The molecular weight excluding hydrogens is 286 g/mol. The fourth-order valence-corrected chi connectivity index (χ4v) is 2.21. The third-order valence-corrected chi connectivity index (χ3v) is 3.41. The summed E-state index contributed by atoms with van der Waals surface area (Å²) >= 11 is 5.91. The van der Waals surface area contributed by atoms with E-state index in [1.54, 1.807) is 19.5 Å². The predicted molar refractivity (Wildman–Crippen MR) is 84.9 cm³/mol. The van der Waals surface area contributed by atoms with Gasteiger partial charge in [-0.3, -0.25) is 0 Å². The van der Waals surface area contributed by atoms with Crippen molar-refractivity contribution in [2.45, 2.75) is 6.54 Å². The Hall–Kier alpha value is -2.33. The topological polar surface area (TPSA) is 47.0 Å². The first-order valence-electron chi connectivity index (χ1n) is 6.53. The summed E-state index contributed by atoms with van der Waals surface area (Å²) in [6, 6.07) is 11.7. The van der Waals surface area contributed by atoms with Crippen LogP contribution in [-0.2, 0) is 6.54 Å². The van der Waals surface area contributed by atoms with Crippen LogP contribution < -0.4 is 10.1 Å². The normalized spacial score (nSPS) is 10.6. The molecule has 0 aliphatic carbocycles. The van der Waals surface area contributed by atoms with E-state index in [9.17, 15) is 0 Å². The number of methoxy groups -OCH3 is 1. The van der Waals surface area contributed by atoms with Gasteiger partial charge in [-0.15, -0.1) is 0 Å². The van der Waals surface area contributed by atoms with Crippen LogP contribution in [0.4, 0.5) is 5.82 Å². The summed E-state index contributed by atoms with van der Waals surface area (Å²) < 4.78 is 5.14. The van der Waals surface area contributed by atoms with Crippen molar-refractivity contribution in [3.63, 3.8) is 0 Å². The second-order valence-corrected chi connectivity index (χ2v) is 5.01. The molecule has 1 aromatic carbocycles. The van der Waals surface area contributed by atoms with Gasteiger partial charge in [0.15, 0.2) is 0 Å². The number of ether oxygens (including phenoxy) is 1. The van der Waals surface area contributed by atoms with E-state index in [0.717, 1.165) is 27.9 Å². The summed E-state index contributed by atoms with van der Waals surface area (Å²) in [6.45, 7) is 0.696. The van der Waals surface area contributed by atoms with Crippen molar-refractivity contribution in [3.05, 3.63) is 59.5 Å². The van der Waals surface area contributed by atoms with Crippen LogP contribution in [0.15, 0.2) is 48.8 Å². The minimum atomic E-state index is 0.481. The number of fused-ring (bicyclic) bond motifs is 1. The van der Waals surface area contributed by atoms with E-state index < -0.39 is 0 Å². The van der Waals surface area contributed by atoms with Crippen LogP contribution in [0.2, 0.25) is 5.15 Å². The van der Waals surface area contributed by atoms with Gasteiger partial charge in [-0.1, -0.05) is 23.7 Å². The maximum Gasteiger partial charge on any atom is 0.129 e. The van der Waals surface area contributed by atoms with Gasteiger partial charge in [-0.25, -0.2) is 9.97 Å². The van der Waals surface area contributed by atoms with E-state index in [-0.39, 0.29) is 0 Å². The Balaban J connectivity index is 1.74. The molecule has 0 aliphatic heterocycles. The first kappa shape index (κ1) is 13.6. The molecular formula is C16H14ClN3O. The summed E-state index contributed by atoms with van der Waals surface area (Å²) in [5.74, 6) is 1.66. The number of halogens is 1. The average Bonchev–Trinajstić information content (AvgIpc) is 2.53. The zero-order valence-corrected chi connectivity index (χ0v) is 12.3. The van der Waals surface area contributed by atoms with Gasteiger partial charge in [0, 0.05) is 24.3 Å². The van der Waals surface area contributed by atoms with Crippen molar-refractivity contribution in [1.82, 2.24) is 9.97 Å². The van der Waals surface area contributed by atoms with Crippen molar-refractivity contribution in [2.75, 3.05) is 12.4 Å². The summed E-state index contributed by atoms with van der Waals surface area (Å²) in [5, 5.41) is 5.76. The molecule has 0 saturated heterocycles. The minimum Gasteiger partial charge on any atom is -0.497 e. The highest BCUT2D eigenvalue weighted by molar-refractivity contribution is 6.30. The molecule has 0 spiro atoms. The molecule has 106 valence electrons. The van der Waals surface area contributed by atoms with E-state index in [4.69, 9.17) is 16.3 Å². The zero-order chi connectivity index (χ0) is 14.7. The summed E-state index contributed by atoms with van der Waals surface area (Å²) in [5.41, 5.74) is 1.16. The van der Waals surface area contributed by atoms with Crippen molar-refractivity contribution < 1.29 is 4.74 Å². The van der Waals surface area contributed by atoms with E-state index in [1.807, 2.05) is 36.4 Å². The molecule has 0 unspecified atom stereocenters. The van der Waals surface area contributed by atoms with Gasteiger partial charge in [0.25, 0.3) is 0 Å². The fraction of sp³-hybridized carbons (Fsp3) is 0.125. The number of hydrogen-bond donors (Lipinski definition) is 1. The Morgan fingerprint density at radius 3 is 2.57 bits per heavy atom. The van der Waals surface area contributed by atoms with Crippen LogP contribution in [0.5, 0.6) is 5.75 Å². The Labute approximate surface area is 127 Å². The number of pyridine rings is 2. The van der Waals surface area contributed by atoms with Crippen molar-refractivity contribution in [1.29, 1.82) is 0 Å². The maximum atomic E-state index is 5.91. The van der Waals surface area contributed by atoms with Crippen molar-refractivity contribution >= 4 is 28.2 Å². The van der Waals surface area contributed by atoms with Gasteiger partial charge in [-0.2, -0.15) is 0 Å². The number of hydrogen-bond acceptors (Lipinski definition) is 4. The largest absolute Gasteiger partial charge is 0.497 e. The quantitative estimate of drug-likeness (QED) is 0.742. The Bertz CT molecular complexity index is 759. The van der Waals surface area contributed by atoms with Crippen molar-refractivity contribution in [3.8, 4) is 5.75 Å². The lowest BCUT2D eigenvalue weighted by Crippen LogP contribution is -2.01. The molecule has 1 N–H and O–H groups in total. The van der Waals surface area contributed by atoms with E-state index in [1.165, 1.54) is 0 Å². The van der Waals surface area contributed by atoms with Crippen LogP contribution >= 0.6 is 11.6 Å². The first-order valence-corrected chi connectivity index (χ1v) is 6.90. The van der Waals surface area contributed by atoms with Crippen LogP contribution in [0.25, 0.3) is 10.8 Å². The molecule has 3 aromatic rings. The molecule has 2 aromatic heterocycles. The van der Waals surface area contributed by atoms with E-state index >= 15 is 0 Å². The highest BCUT2D eigenvalue weighted by Crippen LogP contribution is 2.19. The van der Waals surface area contributed by atoms with Crippen LogP contribution in [0.3, 0.4) is 0 Å². The smallest absolute Gasteiger partial charge is 0.129 e. The van der Waals surface area contributed by atoms with Gasteiger partial charge >= 0.3 is 0 Å². The summed E-state index contributed by atoms with van der Waals surface area (Å²) in [6.07, 6.45) is 3.51. The SMILES string of the molecule is COc1ccc(CNc2cc3cc(Cl)ncc3cn2)cc1. The van der Waals surface area contributed by atoms with Crippen LogP contribution in [0.1, 0.15) is 5.56 Å². The standard InChI is InChI=1S/C16H14ClN3O/c1-21-14-4-2-11(3-5-14)8-19-16-7-12-6-15(17)18-9-13(12)10-20-16/h2-7,9-10H,8H2,1H3,(H,19,20). The molecule has 0 amide bonds. The third kappa shape index (κ3) is 3.23. The minimum absolute atomic E-state index is 0.481. The molecule has 0 bridgehead atoms. The van der Waals surface area contributed by atoms with Gasteiger partial charge in [0.1, 0.15) is 16.7 Å². The number of anilines is 1. The Kier molecular flexibility index (Phi) is 3.88. The number of nitrogens with zero attached hydrogens (tertiary/aromatic N) is 2. The molecule has 0 radical (unpaired) electrons. The predicted octanol–water partition coefficient (Wildman–Crippen LogP) is 3.90. The number of rotatable bonds is 4. The molecule has 0 fully saturated rings. The summed E-state index contributed by atoms with van der Waals surface area (Å²) in [7, 11) is 1.66. The second kappa shape index (κ2) is 5.97. The lowest BCUT2D eigenvalue weighted by atomic mass is 10.2. The maximum absolute atomic E-state index is 5.91. The molecule has 0 atom stereocenters. The van der Waals surface area contributed by atoms with Gasteiger partial charge in [-0.05, 0) is 35.2 Å². The third-order valence-electron chi connectivity index (χ3n) is 3.20. The molecule has 5 heteroatoms. The summed E-state index contributed by atoms with van der Waals surface area (Å²) in [4.78, 5) is 8.41. The number of nitrogens with one attached hydrogen (secondary N) is 1. The van der Waals surface area contributed by atoms with Crippen LogP contribution in [0, 0.1) is 0 Å². The van der Waals surface area contributed by atoms with Crippen LogP contribution in [-0.4, -0.2) is 17.1 Å². The van der Waals surface area contributed by atoms with Crippen molar-refractivity contribution in [2.24, 2.45) is 0 Å². The Morgan fingerprint density at radius 1 is 1.05 bits per heavy atom. The highest BCUT2D eigenvalue weighted by Gasteiger charge is 2.00. The lowest BCUT2D eigenvalue weighted by Gasteiger charge is -2.07. The van der Waals surface area contributed by atoms with Gasteiger partial charge in [0.2, 0.25) is 0 Å². The molecule has 0 aliphatic rings. The monoisotopic (exact) mass is 299 g/mol. The highest BCUT2D eigenvalue weighted by atomic mass is 35.5. The Morgan fingerprint density at radius 2 is 1.81 bits per heavy atom. The molecule has 21 heavy (non-hydrogen) atoms. The zero-order valence-electron chi connectivity index (χ0n) is 11.5. The van der Waals surface area contributed by atoms with Gasteiger partial charge in [0.05, 0.1) is 7.11 Å². The molecule has 2 heterocycles. The number of aromatic nitrogens is 2. The first-order chi connectivity index (χ1) is 10.2. The molecule has 0 saturated carbocycles. The van der Waals surface area contributed by atoms with E-state index in [2.05, 4.69) is 15.3 Å². The lowest BCUT2D eigenvalue weighted by molar-refractivity contribution is 0.414. The molecule has 3 rings (SSSR count). The van der Waals surface area contributed by atoms with Gasteiger partial charge < -0.3 is 10.1 Å². The number of benzene rings is 1. The molecule has 4 nitrogen and oxygen atoms in total. The fourth-order valence-electron chi connectivity index (χ4n) is 2.04. The van der Waals surface area contributed by atoms with E-state index in [0.29, 0.717) is 11.7 Å². The second-order valence-electron chi connectivity index (χ2n) is 4.63.